The number of ether oxygens (including phenoxy) is 4. The molecule has 10 heteroatoms. The van der Waals surface area contributed by atoms with E-state index in [9.17, 15) is 14.4 Å². The quantitative estimate of drug-likeness (QED) is 0.565. The Morgan fingerprint density at radius 3 is 2.13 bits per heavy atom. The molecule has 1 aromatic carbocycles. The summed E-state index contributed by atoms with van der Waals surface area (Å²) in [5, 5.41) is 5.51. The molecule has 0 saturated heterocycles. The van der Waals surface area contributed by atoms with Gasteiger partial charge in [0.1, 0.15) is 5.00 Å². The first kappa shape index (κ1) is 24.0. The van der Waals surface area contributed by atoms with Gasteiger partial charge in [0.15, 0.2) is 11.5 Å². The molecule has 1 aromatic heterocycles. The third kappa shape index (κ3) is 5.26. The number of esters is 1. The minimum absolute atomic E-state index is 0.0226. The minimum Gasteiger partial charge on any atom is -0.493 e. The minimum atomic E-state index is -0.602. The molecule has 2 aromatic rings. The molecule has 2 N–H and O–H groups in total. The Kier molecular flexibility index (Phi) is 8.26. The van der Waals surface area contributed by atoms with Crippen molar-refractivity contribution in [1.29, 1.82) is 0 Å². The number of nitrogens with one attached hydrogen (secondary N) is 2. The summed E-state index contributed by atoms with van der Waals surface area (Å²) in [6.45, 7) is 3.49. The van der Waals surface area contributed by atoms with Crippen LogP contribution in [-0.4, -0.2) is 52.8 Å². The summed E-state index contributed by atoms with van der Waals surface area (Å²) >= 11 is 1.02. The lowest BCUT2D eigenvalue weighted by atomic mass is 10.1. The van der Waals surface area contributed by atoms with Crippen LogP contribution in [0.25, 0.3) is 0 Å². The van der Waals surface area contributed by atoms with Crippen molar-refractivity contribution in [2.45, 2.75) is 20.3 Å². The number of benzene rings is 1. The zero-order valence-corrected chi connectivity index (χ0v) is 19.2. The first-order chi connectivity index (χ1) is 14.8. The number of methoxy groups -OCH3 is 3. The second-order valence-corrected chi connectivity index (χ2v) is 7.34. The summed E-state index contributed by atoms with van der Waals surface area (Å²) in [5.74, 6) is -0.0727. The number of carbonyl (C=O) groups excluding carboxylic acids is 3. The molecule has 9 nitrogen and oxygen atoms in total. The SMILES string of the molecule is CCOC(=O)c1c(NC(=O)Cc2cc(OC)c(OC)c(OC)c2)sc(C(=O)NC)c1C. The van der Waals surface area contributed by atoms with Gasteiger partial charge < -0.3 is 29.6 Å². The van der Waals surface area contributed by atoms with Crippen molar-refractivity contribution in [2.75, 3.05) is 40.3 Å². The average Bonchev–Trinajstić information content (AvgIpc) is 3.07. The van der Waals surface area contributed by atoms with E-state index in [1.165, 1.54) is 28.4 Å². The third-order valence-corrected chi connectivity index (χ3v) is 5.61. The molecule has 0 spiro atoms. The molecular weight excluding hydrogens is 424 g/mol. The summed E-state index contributed by atoms with van der Waals surface area (Å²) in [5.41, 5.74) is 1.24. The maximum atomic E-state index is 12.8. The van der Waals surface area contributed by atoms with Gasteiger partial charge in [0, 0.05) is 7.05 Å². The molecular formula is C21H26N2O7S. The van der Waals surface area contributed by atoms with Crippen LogP contribution in [0.5, 0.6) is 17.2 Å². The molecule has 0 atom stereocenters. The van der Waals surface area contributed by atoms with Crippen LogP contribution in [0.15, 0.2) is 12.1 Å². The van der Waals surface area contributed by atoms with Gasteiger partial charge in [-0.2, -0.15) is 0 Å². The summed E-state index contributed by atoms with van der Waals surface area (Å²) < 4.78 is 21.0. The standard InChI is InChI=1S/C21H26N2O7S/c1-7-30-21(26)16-11(2)18(19(25)22-3)31-20(16)23-15(24)10-12-8-13(27-4)17(29-6)14(9-12)28-5/h8-9H,7,10H2,1-6H3,(H,22,25)(H,23,24). The van der Waals surface area contributed by atoms with E-state index in [1.807, 2.05) is 0 Å². The summed E-state index contributed by atoms with van der Waals surface area (Å²) in [6, 6.07) is 3.34. The van der Waals surface area contributed by atoms with Crippen LogP contribution < -0.4 is 24.8 Å². The van der Waals surface area contributed by atoms with Crippen LogP contribution in [0.2, 0.25) is 0 Å². The predicted molar refractivity (Wildman–Crippen MR) is 117 cm³/mol. The number of carbonyl (C=O) groups is 3. The Labute approximate surface area is 184 Å². The van der Waals surface area contributed by atoms with Crippen LogP contribution >= 0.6 is 11.3 Å². The highest BCUT2D eigenvalue weighted by atomic mass is 32.1. The fourth-order valence-corrected chi connectivity index (χ4v) is 4.13. The lowest BCUT2D eigenvalue weighted by Crippen LogP contribution is -2.18. The van der Waals surface area contributed by atoms with E-state index in [4.69, 9.17) is 18.9 Å². The second kappa shape index (κ2) is 10.7. The highest BCUT2D eigenvalue weighted by Gasteiger charge is 2.26. The molecule has 0 fully saturated rings. The molecule has 31 heavy (non-hydrogen) atoms. The molecule has 2 rings (SSSR count). The van der Waals surface area contributed by atoms with Gasteiger partial charge in [-0.1, -0.05) is 0 Å². The van der Waals surface area contributed by atoms with Crippen molar-refractivity contribution in [2.24, 2.45) is 0 Å². The second-order valence-electron chi connectivity index (χ2n) is 6.32. The van der Waals surface area contributed by atoms with E-state index in [0.29, 0.717) is 33.3 Å². The van der Waals surface area contributed by atoms with Crippen LogP contribution in [0.4, 0.5) is 5.00 Å². The highest BCUT2D eigenvalue weighted by molar-refractivity contribution is 7.18. The van der Waals surface area contributed by atoms with E-state index in [0.717, 1.165) is 11.3 Å². The molecule has 0 unspecified atom stereocenters. The van der Waals surface area contributed by atoms with Crippen LogP contribution in [0.3, 0.4) is 0 Å². The predicted octanol–water partition coefficient (Wildman–Crippen LogP) is 2.80. The Balaban J connectivity index is 2.35. The van der Waals surface area contributed by atoms with Gasteiger partial charge in [0.2, 0.25) is 11.7 Å². The van der Waals surface area contributed by atoms with Crippen molar-refractivity contribution >= 4 is 34.1 Å². The van der Waals surface area contributed by atoms with E-state index >= 15 is 0 Å². The number of anilines is 1. The lowest BCUT2D eigenvalue weighted by Gasteiger charge is -2.14. The molecule has 0 aliphatic heterocycles. The van der Waals surface area contributed by atoms with Gasteiger partial charge in [-0.05, 0) is 37.1 Å². The molecule has 0 bridgehead atoms. The zero-order chi connectivity index (χ0) is 23.1. The van der Waals surface area contributed by atoms with Crippen molar-refractivity contribution < 1.29 is 33.3 Å². The van der Waals surface area contributed by atoms with Crippen LogP contribution in [-0.2, 0) is 16.0 Å². The van der Waals surface area contributed by atoms with E-state index in [1.54, 1.807) is 26.0 Å². The average molecular weight is 451 g/mol. The van der Waals surface area contributed by atoms with Crippen molar-refractivity contribution in [3.63, 3.8) is 0 Å². The maximum absolute atomic E-state index is 12.8. The Morgan fingerprint density at radius 2 is 1.65 bits per heavy atom. The largest absolute Gasteiger partial charge is 0.493 e. The molecule has 1 heterocycles. The number of rotatable bonds is 9. The van der Waals surface area contributed by atoms with Crippen LogP contribution in [0, 0.1) is 6.92 Å². The van der Waals surface area contributed by atoms with Crippen molar-refractivity contribution in [3.8, 4) is 17.2 Å². The van der Waals surface area contributed by atoms with Gasteiger partial charge in [-0.3, -0.25) is 9.59 Å². The van der Waals surface area contributed by atoms with E-state index in [-0.39, 0.29) is 35.4 Å². The van der Waals surface area contributed by atoms with Gasteiger partial charge in [-0.15, -0.1) is 11.3 Å². The van der Waals surface area contributed by atoms with Crippen LogP contribution in [0.1, 0.15) is 38.1 Å². The highest BCUT2D eigenvalue weighted by Crippen LogP contribution is 2.38. The topological polar surface area (TPSA) is 112 Å². The summed E-state index contributed by atoms with van der Waals surface area (Å²) in [4.78, 5) is 37.7. The van der Waals surface area contributed by atoms with Gasteiger partial charge in [0.05, 0.1) is 44.8 Å². The molecule has 0 saturated carbocycles. The zero-order valence-electron chi connectivity index (χ0n) is 18.3. The Bertz CT molecular complexity index is 959. The Morgan fingerprint density at radius 1 is 1.03 bits per heavy atom. The summed E-state index contributed by atoms with van der Waals surface area (Å²) in [7, 11) is 5.96. The number of thiophene rings is 1. The number of hydrogen-bond donors (Lipinski definition) is 2. The fraction of sp³-hybridized carbons (Fsp3) is 0.381. The van der Waals surface area contributed by atoms with Gasteiger partial charge in [-0.25, -0.2) is 4.79 Å². The number of hydrogen-bond acceptors (Lipinski definition) is 8. The third-order valence-electron chi connectivity index (χ3n) is 4.40. The van der Waals surface area contributed by atoms with Gasteiger partial charge >= 0.3 is 5.97 Å². The Hall–Kier alpha value is -3.27. The van der Waals surface area contributed by atoms with Crippen molar-refractivity contribution in [3.05, 3.63) is 33.7 Å². The smallest absolute Gasteiger partial charge is 0.341 e. The lowest BCUT2D eigenvalue weighted by molar-refractivity contribution is -0.115. The molecule has 0 radical (unpaired) electrons. The molecule has 168 valence electrons. The van der Waals surface area contributed by atoms with Gasteiger partial charge in [0.25, 0.3) is 5.91 Å². The van der Waals surface area contributed by atoms with E-state index < -0.39 is 5.97 Å². The number of amides is 2. The monoisotopic (exact) mass is 450 g/mol. The first-order valence-corrected chi connectivity index (χ1v) is 10.2. The maximum Gasteiger partial charge on any atom is 0.341 e. The molecule has 0 aliphatic carbocycles. The summed E-state index contributed by atoms with van der Waals surface area (Å²) in [6.07, 6.45) is -0.0226. The normalized spacial score (nSPS) is 10.3. The van der Waals surface area contributed by atoms with E-state index in [2.05, 4.69) is 10.6 Å². The first-order valence-electron chi connectivity index (χ1n) is 9.42. The molecule has 0 aliphatic rings. The van der Waals surface area contributed by atoms with Crippen molar-refractivity contribution in [1.82, 2.24) is 5.32 Å². The molecule has 2 amide bonds. The fourth-order valence-electron chi connectivity index (χ4n) is 2.97.